The largest absolute Gasteiger partial charge is 0.234 e. The summed E-state index contributed by atoms with van der Waals surface area (Å²) in [6.07, 6.45) is 0.549. The van der Waals surface area contributed by atoms with E-state index in [1.54, 1.807) is 12.1 Å². The molecule has 1 aliphatic rings. The van der Waals surface area contributed by atoms with E-state index in [4.69, 9.17) is 11.6 Å². The standard InChI is InChI=1S/C13H10ClFN4O2S2/c14-9-3-1-2-8(10(9)15)11-16-17-13-19(11)18-12(22-13)7-4-5-23(20,21)6-7/h1-3,7H,4-6H2. The van der Waals surface area contributed by atoms with Crippen LogP contribution in [0.25, 0.3) is 16.3 Å². The second-order valence-electron chi connectivity index (χ2n) is 5.36. The molecule has 1 unspecified atom stereocenters. The molecule has 3 aromatic rings. The van der Waals surface area contributed by atoms with E-state index in [-0.39, 0.29) is 33.8 Å². The van der Waals surface area contributed by atoms with Gasteiger partial charge in [0, 0.05) is 5.92 Å². The third kappa shape index (κ3) is 2.52. The molecule has 1 fully saturated rings. The zero-order valence-corrected chi connectivity index (χ0v) is 14.0. The van der Waals surface area contributed by atoms with E-state index < -0.39 is 15.7 Å². The third-order valence-electron chi connectivity index (χ3n) is 3.78. The van der Waals surface area contributed by atoms with Crippen LogP contribution in [0.2, 0.25) is 5.02 Å². The number of hydrogen-bond donors (Lipinski definition) is 0. The first kappa shape index (κ1) is 15.0. The van der Waals surface area contributed by atoms with Gasteiger partial charge in [-0.15, -0.1) is 10.2 Å². The van der Waals surface area contributed by atoms with E-state index in [1.165, 1.54) is 21.9 Å². The molecule has 1 saturated heterocycles. The molecule has 1 atom stereocenters. The molecule has 3 heterocycles. The van der Waals surface area contributed by atoms with Crippen LogP contribution in [0.3, 0.4) is 0 Å². The highest BCUT2D eigenvalue weighted by atomic mass is 35.5. The number of aromatic nitrogens is 4. The summed E-state index contributed by atoms with van der Waals surface area (Å²) in [4.78, 5) is 0.499. The fraction of sp³-hybridized carbons (Fsp3) is 0.308. The topological polar surface area (TPSA) is 77.2 Å². The molecule has 0 saturated carbocycles. The Morgan fingerprint density at radius 3 is 2.91 bits per heavy atom. The predicted molar refractivity (Wildman–Crippen MR) is 85.1 cm³/mol. The quantitative estimate of drug-likeness (QED) is 0.690. The van der Waals surface area contributed by atoms with Gasteiger partial charge in [0.1, 0.15) is 5.01 Å². The number of rotatable bonds is 2. The Morgan fingerprint density at radius 2 is 2.17 bits per heavy atom. The molecule has 0 bridgehead atoms. The van der Waals surface area contributed by atoms with Crippen LogP contribution in [0.1, 0.15) is 17.3 Å². The normalized spacial score (nSPS) is 20.3. The van der Waals surface area contributed by atoms with Gasteiger partial charge in [-0.1, -0.05) is 29.0 Å². The second-order valence-corrected chi connectivity index (χ2v) is 8.98. The predicted octanol–water partition coefficient (Wildman–Crippen LogP) is 2.55. The van der Waals surface area contributed by atoms with Crippen LogP contribution >= 0.6 is 22.9 Å². The van der Waals surface area contributed by atoms with Crippen LogP contribution in [0.4, 0.5) is 4.39 Å². The highest BCUT2D eigenvalue weighted by Gasteiger charge is 2.32. The molecule has 1 aliphatic heterocycles. The maximum atomic E-state index is 14.2. The lowest BCUT2D eigenvalue weighted by atomic mass is 10.1. The Hall–Kier alpha value is -1.58. The SMILES string of the molecule is O=S1(=O)CCC(c2nn3c(-c4cccc(Cl)c4F)nnc3s2)C1. The molecule has 10 heteroatoms. The highest BCUT2D eigenvalue weighted by Crippen LogP contribution is 2.33. The van der Waals surface area contributed by atoms with Crippen LogP contribution in [0.5, 0.6) is 0 Å². The van der Waals surface area contributed by atoms with Gasteiger partial charge in [-0.3, -0.25) is 0 Å². The summed E-state index contributed by atoms with van der Waals surface area (Å²) < 4.78 is 38.9. The van der Waals surface area contributed by atoms with E-state index in [1.807, 2.05) is 0 Å². The van der Waals surface area contributed by atoms with Crippen molar-refractivity contribution < 1.29 is 12.8 Å². The molecule has 0 N–H and O–H groups in total. The number of sulfone groups is 1. The van der Waals surface area contributed by atoms with Crippen molar-refractivity contribution >= 4 is 37.7 Å². The van der Waals surface area contributed by atoms with Crippen LogP contribution in [0.15, 0.2) is 18.2 Å². The first-order valence-corrected chi connectivity index (χ1v) is 9.83. The van der Waals surface area contributed by atoms with Crippen molar-refractivity contribution in [2.75, 3.05) is 11.5 Å². The Balaban J connectivity index is 1.80. The second kappa shape index (κ2) is 5.22. The fourth-order valence-corrected chi connectivity index (χ4v) is 5.63. The fourth-order valence-electron chi connectivity index (χ4n) is 2.63. The van der Waals surface area contributed by atoms with Gasteiger partial charge in [0.25, 0.3) is 0 Å². The molecular formula is C13H10ClFN4O2S2. The number of benzene rings is 1. The summed E-state index contributed by atoms with van der Waals surface area (Å²) >= 11 is 7.08. The van der Waals surface area contributed by atoms with E-state index in [0.717, 1.165) is 0 Å². The number of halogens is 2. The minimum atomic E-state index is -2.99. The van der Waals surface area contributed by atoms with E-state index in [0.29, 0.717) is 16.4 Å². The number of fused-ring (bicyclic) bond motifs is 1. The van der Waals surface area contributed by atoms with Crippen LogP contribution in [-0.2, 0) is 9.84 Å². The molecule has 120 valence electrons. The summed E-state index contributed by atoms with van der Waals surface area (Å²) in [5.74, 6) is -0.195. The average molecular weight is 373 g/mol. The molecule has 23 heavy (non-hydrogen) atoms. The zero-order chi connectivity index (χ0) is 16.2. The van der Waals surface area contributed by atoms with E-state index >= 15 is 0 Å². The van der Waals surface area contributed by atoms with Crippen molar-refractivity contribution in [3.05, 3.63) is 34.0 Å². The van der Waals surface area contributed by atoms with E-state index in [2.05, 4.69) is 15.3 Å². The minimum Gasteiger partial charge on any atom is -0.229 e. The lowest BCUT2D eigenvalue weighted by molar-refractivity contribution is 0.601. The lowest BCUT2D eigenvalue weighted by Gasteiger charge is -2.02. The molecule has 4 rings (SSSR count). The molecule has 0 amide bonds. The smallest absolute Gasteiger partial charge is 0.229 e. The Kier molecular flexibility index (Phi) is 3.40. The van der Waals surface area contributed by atoms with Gasteiger partial charge in [0.2, 0.25) is 4.96 Å². The lowest BCUT2D eigenvalue weighted by Crippen LogP contribution is -2.04. The zero-order valence-electron chi connectivity index (χ0n) is 11.6. The van der Waals surface area contributed by atoms with Crippen LogP contribution in [-0.4, -0.2) is 39.7 Å². The number of nitrogens with zero attached hydrogens (tertiary/aromatic N) is 4. The summed E-state index contributed by atoms with van der Waals surface area (Å²) in [6.45, 7) is 0. The van der Waals surface area contributed by atoms with Gasteiger partial charge in [0.15, 0.2) is 21.5 Å². The van der Waals surface area contributed by atoms with Crippen molar-refractivity contribution in [2.24, 2.45) is 0 Å². The van der Waals surface area contributed by atoms with Gasteiger partial charge < -0.3 is 0 Å². The van der Waals surface area contributed by atoms with Gasteiger partial charge >= 0.3 is 0 Å². The Labute approximate surface area is 139 Å². The molecular weight excluding hydrogens is 363 g/mol. The van der Waals surface area contributed by atoms with Crippen molar-refractivity contribution in [3.8, 4) is 11.4 Å². The molecule has 0 aliphatic carbocycles. The van der Waals surface area contributed by atoms with Gasteiger partial charge in [-0.2, -0.15) is 9.61 Å². The molecule has 6 nitrogen and oxygen atoms in total. The number of hydrogen-bond acceptors (Lipinski definition) is 6. The summed E-state index contributed by atoms with van der Waals surface area (Å²) in [5.41, 5.74) is 0.209. The third-order valence-corrected chi connectivity index (χ3v) is 6.90. The van der Waals surface area contributed by atoms with E-state index in [9.17, 15) is 12.8 Å². The molecule has 0 radical (unpaired) electrons. The summed E-state index contributed by atoms with van der Waals surface area (Å²) in [7, 11) is -2.99. The molecule has 1 aromatic carbocycles. The van der Waals surface area contributed by atoms with Gasteiger partial charge in [-0.05, 0) is 18.6 Å². The summed E-state index contributed by atoms with van der Waals surface area (Å²) in [6, 6.07) is 4.63. The molecule has 0 spiro atoms. The Bertz CT molecular complexity index is 1010. The van der Waals surface area contributed by atoms with Crippen molar-refractivity contribution in [3.63, 3.8) is 0 Å². The first-order chi connectivity index (χ1) is 10.9. The van der Waals surface area contributed by atoms with Crippen molar-refractivity contribution in [1.82, 2.24) is 19.8 Å². The first-order valence-electron chi connectivity index (χ1n) is 6.81. The van der Waals surface area contributed by atoms with Crippen LogP contribution < -0.4 is 0 Å². The van der Waals surface area contributed by atoms with Crippen LogP contribution in [0, 0.1) is 5.82 Å². The maximum Gasteiger partial charge on any atom is 0.234 e. The minimum absolute atomic E-state index is 0.00316. The van der Waals surface area contributed by atoms with Gasteiger partial charge in [-0.25, -0.2) is 12.8 Å². The average Bonchev–Trinajstić information content (AvgIpc) is 3.15. The maximum absolute atomic E-state index is 14.2. The monoisotopic (exact) mass is 372 g/mol. The highest BCUT2D eigenvalue weighted by molar-refractivity contribution is 7.91. The van der Waals surface area contributed by atoms with Crippen molar-refractivity contribution in [1.29, 1.82) is 0 Å². The van der Waals surface area contributed by atoms with Crippen molar-refractivity contribution in [2.45, 2.75) is 12.3 Å². The Morgan fingerprint density at radius 1 is 1.35 bits per heavy atom. The summed E-state index contributed by atoms with van der Waals surface area (Å²) in [5, 5.41) is 13.1. The molecule has 2 aromatic heterocycles. The van der Waals surface area contributed by atoms with Gasteiger partial charge in [0.05, 0.1) is 22.1 Å².